The predicted octanol–water partition coefficient (Wildman–Crippen LogP) is 3.10. The molecule has 1 aromatic carbocycles. The van der Waals surface area contributed by atoms with Crippen molar-refractivity contribution < 1.29 is 9.90 Å². The Hall–Kier alpha value is -2.49. The molecule has 4 rings (SSSR count). The van der Waals surface area contributed by atoms with Gasteiger partial charge in [-0.1, -0.05) is 0 Å². The van der Waals surface area contributed by atoms with Crippen LogP contribution in [0.4, 0.5) is 11.4 Å². The molecule has 5 nitrogen and oxygen atoms in total. The number of Topliss-reactive ketones (excluding diaryl/α,β-unsaturated/α-hetero) is 1. The molecule has 2 aliphatic heterocycles. The fraction of sp³-hybridized carbons (Fsp3) is 0.278. The van der Waals surface area contributed by atoms with Crippen LogP contribution in [-0.2, 0) is 0 Å². The minimum atomic E-state index is -1.55. The molecule has 0 radical (unpaired) electrons. The average molecular weight is 337 g/mol. The minimum absolute atomic E-state index is 0.256. The van der Waals surface area contributed by atoms with Crippen LogP contribution in [0.3, 0.4) is 0 Å². The van der Waals surface area contributed by atoms with E-state index in [9.17, 15) is 9.90 Å². The van der Waals surface area contributed by atoms with Crippen molar-refractivity contribution in [1.29, 1.82) is 5.26 Å². The van der Waals surface area contributed by atoms with Gasteiger partial charge in [-0.25, -0.2) is 4.99 Å². The van der Waals surface area contributed by atoms with Crippen molar-refractivity contribution in [1.82, 2.24) is 0 Å². The number of hydrogen-bond acceptors (Lipinski definition) is 6. The number of fused-ring (bicyclic) bond motifs is 2. The van der Waals surface area contributed by atoms with Gasteiger partial charge in [-0.2, -0.15) is 5.26 Å². The largest absolute Gasteiger partial charge is 0.374 e. The zero-order valence-corrected chi connectivity index (χ0v) is 14.1. The van der Waals surface area contributed by atoms with Gasteiger partial charge in [0.2, 0.25) is 5.78 Å². The van der Waals surface area contributed by atoms with Crippen LogP contribution in [0.25, 0.3) is 0 Å². The van der Waals surface area contributed by atoms with E-state index in [-0.39, 0.29) is 5.78 Å². The fourth-order valence-corrected chi connectivity index (χ4v) is 4.29. The Labute approximate surface area is 143 Å². The van der Waals surface area contributed by atoms with Crippen LogP contribution in [0.15, 0.2) is 29.3 Å². The summed E-state index contributed by atoms with van der Waals surface area (Å²) in [4.78, 5) is 20.8. The van der Waals surface area contributed by atoms with Crippen molar-refractivity contribution in [3.8, 4) is 6.07 Å². The van der Waals surface area contributed by atoms with Gasteiger partial charge in [-0.15, -0.1) is 11.3 Å². The molecule has 2 aliphatic rings. The van der Waals surface area contributed by atoms with Gasteiger partial charge in [0, 0.05) is 23.5 Å². The Balaban J connectivity index is 1.84. The summed E-state index contributed by atoms with van der Waals surface area (Å²) < 4.78 is 0. The summed E-state index contributed by atoms with van der Waals surface area (Å²) in [6, 6.07) is 9.51. The highest BCUT2D eigenvalue weighted by molar-refractivity contribution is 7.14. The number of amidine groups is 1. The first-order valence-corrected chi connectivity index (χ1v) is 8.51. The van der Waals surface area contributed by atoms with E-state index in [1.54, 1.807) is 6.07 Å². The predicted molar refractivity (Wildman–Crippen MR) is 93.3 cm³/mol. The van der Waals surface area contributed by atoms with Crippen molar-refractivity contribution in [2.75, 3.05) is 11.4 Å². The number of hydrogen-bond donors (Lipinski definition) is 1. The highest BCUT2D eigenvalue weighted by atomic mass is 32.1. The number of ketones is 1. The maximum Gasteiger partial charge on any atom is 0.214 e. The molecule has 0 saturated carbocycles. The molecule has 1 N–H and O–H groups in total. The lowest BCUT2D eigenvalue weighted by molar-refractivity contribution is 0.0607. The first-order valence-electron chi connectivity index (χ1n) is 7.69. The van der Waals surface area contributed by atoms with Crippen molar-refractivity contribution in [3.05, 3.63) is 45.1 Å². The maximum absolute atomic E-state index is 12.8. The molecule has 1 fully saturated rings. The highest BCUT2D eigenvalue weighted by Crippen LogP contribution is 2.42. The third-order valence-corrected chi connectivity index (χ3v) is 5.65. The molecule has 1 saturated heterocycles. The van der Waals surface area contributed by atoms with Gasteiger partial charge in [0.25, 0.3) is 0 Å². The second kappa shape index (κ2) is 5.00. The number of aryl methyl sites for hydroxylation is 2. The van der Waals surface area contributed by atoms with Crippen LogP contribution >= 0.6 is 11.3 Å². The zero-order valence-electron chi connectivity index (χ0n) is 13.3. The topological polar surface area (TPSA) is 76.7 Å². The molecule has 0 spiro atoms. The summed E-state index contributed by atoms with van der Waals surface area (Å²) in [5.41, 5.74) is 1.40. The van der Waals surface area contributed by atoms with Gasteiger partial charge in [0.15, 0.2) is 5.60 Å². The van der Waals surface area contributed by atoms with Gasteiger partial charge in [0.1, 0.15) is 5.84 Å². The molecule has 120 valence electrons. The van der Waals surface area contributed by atoms with Crippen molar-refractivity contribution in [2.24, 2.45) is 4.99 Å². The molecule has 1 unspecified atom stereocenters. The van der Waals surface area contributed by atoms with Gasteiger partial charge in [-0.3, -0.25) is 4.79 Å². The Morgan fingerprint density at radius 3 is 2.88 bits per heavy atom. The molecule has 0 bridgehead atoms. The average Bonchev–Trinajstić information content (AvgIpc) is 3.09. The number of rotatable bonds is 1. The molecular formula is C18H15N3O2S. The molecule has 3 heterocycles. The second-order valence-electron chi connectivity index (χ2n) is 6.21. The first-order chi connectivity index (χ1) is 11.4. The van der Waals surface area contributed by atoms with Crippen LogP contribution in [0.2, 0.25) is 0 Å². The lowest BCUT2D eigenvalue weighted by Gasteiger charge is -2.28. The smallest absolute Gasteiger partial charge is 0.214 e. The normalized spacial score (nSPS) is 22.0. The van der Waals surface area contributed by atoms with Crippen molar-refractivity contribution in [2.45, 2.75) is 25.9 Å². The maximum atomic E-state index is 12.8. The van der Waals surface area contributed by atoms with E-state index in [0.29, 0.717) is 34.9 Å². The van der Waals surface area contributed by atoms with Crippen molar-refractivity contribution in [3.63, 3.8) is 0 Å². The van der Waals surface area contributed by atoms with Crippen LogP contribution < -0.4 is 4.90 Å². The van der Waals surface area contributed by atoms with E-state index in [1.807, 2.05) is 36.9 Å². The number of carbonyl (C=O) groups excluding carboxylic acids is 1. The van der Waals surface area contributed by atoms with E-state index in [2.05, 4.69) is 11.1 Å². The van der Waals surface area contributed by atoms with Gasteiger partial charge in [-0.05, 0) is 43.7 Å². The summed E-state index contributed by atoms with van der Waals surface area (Å²) in [7, 11) is 0. The number of anilines is 1. The highest BCUT2D eigenvalue weighted by Gasteiger charge is 2.53. The molecule has 24 heavy (non-hydrogen) atoms. The van der Waals surface area contributed by atoms with Crippen LogP contribution in [0.1, 0.15) is 32.1 Å². The lowest BCUT2D eigenvalue weighted by atomic mass is 9.92. The molecule has 1 atom stereocenters. The van der Waals surface area contributed by atoms with Gasteiger partial charge >= 0.3 is 0 Å². The summed E-state index contributed by atoms with van der Waals surface area (Å²) in [6.07, 6.45) is 0.320. The number of carbonyl (C=O) groups is 1. The first kappa shape index (κ1) is 15.1. The van der Waals surface area contributed by atoms with Crippen molar-refractivity contribution >= 4 is 34.3 Å². The minimum Gasteiger partial charge on any atom is -0.374 e. The molecule has 1 aromatic heterocycles. The standard InChI is InChI=1S/C18H15N3O2S/c1-10-7-13(4-3-12(10)9-19)21-6-5-18(23)16(22)15-14(20-17(18)21)8-11(2)24-15/h3-4,7-8,23H,5-6H2,1-2H3. The number of benzene rings is 1. The van der Waals surface area contributed by atoms with E-state index < -0.39 is 5.60 Å². The second-order valence-corrected chi connectivity index (χ2v) is 7.47. The number of nitriles is 1. The third-order valence-electron chi connectivity index (χ3n) is 4.61. The lowest BCUT2D eigenvalue weighted by Crippen LogP contribution is -2.48. The summed E-state index contributed by atoms with van der Waals surface area (Å²) in [6.45, 7) is 4.32. The summed E-state index contributed by atoms with van der Waals surface area (Å²) in [5, 5.41) is 20.0. The molecule has 0 aliphatic carbocycles. The molecule has 6 heteroatoms. The van der Waals surface area contributed by atoms with E-state index in [1.165, 1.54) is 11.3 Å². The van der Waals surface area contributed by atoms with E-state index >= 15 is 0 Å². The Morgan fingerprint density at radius 2 is 2.17 bits per heavy atom. The van der Waals surface area contributed by atoms with Gasteiger partial charge < -0.3 is 10.0 Å². The Morgan fingerprint density at radius 1 is 1.38 bits per heavy atom. The van der Waals surface area contributed by atoms with Crippen LogP contribution in [0, 0.1) is 25.2 Å². The number of aliphatic imine (C=N–C) groups is 1. The zero-order chi connectivity index (χ0) is 17.1. The number of thiophene rings is 1. The summed E-state index contributed by atoms with van der Waals surface area (Å²) in [5.74, 6) is 0.135. The van der Waals surface area contributed by atoms with Crippen LogP contribution in [-0.4, -0.2) is 28.9 Å². The molecule has 0 amide bonds. The van der Waals surface area contributed by atoms with Gasteiger partial charge in [0.05, 0.1) is 22.2 Å². The molecule has 2 aromatic rings. The SMILES string of the molecule is Cc1cc2c(s1)C(=O)C1(O)CCN(c3ccc(C#N)c(C)c3)C1=N2. The monoisotopic (exact) mass is 337 g/mol. The van der Waals surface area contributed by atoms with E-state index in [4.69, 9.17) is 5.26 Å². The summed E-state index contributed by atoms with van der Waals surface area (Å²) >= 11 is 1.38. The third kappa shape index (κ3) is 1.95. The fourth-order valence-electron chi connectivity index (χ4n) is 3.32. The number of aliphatic hydroxyl groups is 1. The Kier molecular flexibility index (Phi) is 3.14. The Bertz CT molecular complexity index is 954. The quantitative estimate of drug-likeness (QED) is 0.867. The van der Waals surface area contributed by atoms with E-state index in [0.717, 1.165) is 16.1 Å². The van der Waals surface area contributed by atoms with Crippen LogP contribution in [0.5, 0.6) is 0 Å². The number of nitrogens with zero attached hydrogens (tertiary/aromatic N) is 3. The molecular weight excluding hydrogens is 322 g/mol.